The van der Waals surface area contributed by atoms with Crippen molar-refractivity contribution in [2.75, 3.05) is 26.3 Å². The fraction of sp³-hybridized carbons (Fsp3) is 0.941. The van der Waals surface area contributed by atoms with Crippen molar-refractivity contribution >= 4 is 5.91 Å². The van der Waals surface area contributed by atoms with E-state index in [4.69, 9.17) is 9.47 Å². The summed E-state index contributed by atoms with van der Waals surface area (Å²) in [6.07, 6.45) is 7.72. The van der Waals surface area contributed by atoms with Crippen molar-refractivity contribution in [3.8, 4) is 0 Å². The summed E-state index contributed by atoms with van der Waals surface area (Å²) in [5.41, 5.74) is -0.108. The van der Waals surface area contributed by atoms with E-state index < -0.39 is 0 Å². The fourth-order valence-electron chi connectivity index (χ4n) is 3.96. The Morgan fingerprint density at radius 2 is 2.00 bits per heavy atom. The molecule has 4 heteroatoms. The molecule has 1 aliphatic carbocycles. The van der Waals surface area contributed by atoms with E-state index >= 15 is 0 Å². The fourth-order valence-corrected chi connectivity index (χ4v) is 3.96. The molecular formula is C17H29NO3. The number of likely N-dealkylation sites (tertiary alicyclic amines) is 1. The lowest BCUT2D eigenvalue weighted by Gasteiger charge is -2.53. The van der Waals surface area contributed by atoms with Crippen LogP contribution in [-0.4, -0.2) is 48.8 Å². The molecule has 3 aliphatic rings. The maximum atomic E-state index is 12.0. The molecule has 4 nitrogen and oxygen atoms in total. The zero-order valence-corrected chi connectivity index (χ0v) is 13.5. The van der Waals surface area contributed by atoms with E-state index in [0.29, 0.717) is 6.10 Å². The van der Waals surface area contributed by atoms with Gasteiger partial charge >= 0.3 is 0 Å². The van der Waals surface area contributed by atoms with E-state index in [1.54, 1.807) is 0 Å². The number of amides is 1. The van der Waals surface area contributed by atoms with Crippen LogP contribution >= 0.6 is 0 Å². The summed E-state index contributed by atoms with van der Waals surface area (Å²) in [5.74, 6) is 1.11. The molecule has 1 saturated carbocycles. The number of ether oxygens (including phenoxy) is 2. The van der Waals surface area contributed by atoms with Crippen LogP contribution in [0.1, 0.15) is 52.4 Å². The third-order valence-electron chi connectivity index (χ3n) is 5.25. The monoisotopic (exact) mass is 295 g/mol. The Hall–Kier alpha value is -0.610. The number of carbonyl (C=O) groups excluding carboxylic acids is 1. The molecule has 0 N–H and O–H groups in total. The van der Waals surface area contributed by atoms with Crippen LogP contribution in [0.2, 0.25) is 0 Å². The van der Waals surface area contributed by atoms with Gasteiger partial charge in [0, 0.05) is 25.6 Å². The minimum Gasteiger partial charge on any atom is -0.378 e. The molecule has 3 fully saturated rings. The summed E-state index contributed by atoms with van der Waals surface area (Å²) in [5, 5.41) is 0. The standard InChI is InChI=1S/C17H29NO3/c1-13(2)16(19)18-11-17(12-18)9-15(7-8-21-17)20-10-14-5-3-4-6-14/h13-15H,3-12H2,1-2H3/t15-/m0/s1. The second kappa shape index (κ2) is 6.25. The van der Waals surface area contributed by atoms with Gasteiger partial charge in [0.25, 0.3) is 0 Å². The summed E-state index contributed by atoms with van der Waals surface area (Å²) in [4.78, 5) is 13.9. The van der Waals surface area contributed by atoms with Gasteiger partial charge in [0.05, 0.1) is 19.2 Å². The highest BCUT2D eigenvalue weighted by Crippen LogP contribution is 2.36. The molecule has 0 bridgehead atoms. The molecule has 0 radical (unpaired) electrons. The van der Waals surface area contributed by atoms with Crippen LogP contribution in [0, 0.1) is 11.8 Å². The predicted octanol–water partition coefficient (Wildman–Crippen LogP) is 2.61. The Labute approximate surface area is 128 Å². The number of rotatable bonds is 4. The summed E-state index contributed by atoms with van der Waals surface area (Å²) in [6.45, 7) is 7.14. The average Bonchev–Trinajstić information content (AvgIpc) is 2.95. The molecule has 0 aromatic rings. The van der Waals surface area contributed by atoms with Gasteiger partial charge < -0.3 is 14.4 Å². The highest BCUT2D eigenvalue weighted by molar-refractivity contribution is 5.79. The second-order valence-electron chi connectivity index (χ2n) is 7.48. The Morgan fingerprint density at radius 1 is 1.29 bits per heavy atom. The van der Waals surface area contributed by atoms with E-state index in [9.17, 15) is 4.79 Å². The SMILES string of the molecule is CC(C)C(=O)N1CC2(C[C@@H](OCC3CCCC3)CCO2)C1. The lowest BCUT2D eigenvalue weighted by molar-refractivity contribution is -0.203. The number of nitrogens with zero attached hydrogens (tertiary/aromatic N) is 1. The first-order chi connectivity index (χ1) is 10.1. The van der Waals surface area contributed by atoms with Gasteiger partial charge in [0.15, 0.2) is 0 Å². The topological polar surface area (TPSA) is 38.8 Å². The van der Waals surface area contributed by atoms with Gasteiger partial charge in [-0.25, -0.2) is 0 Å². The molecule has 1 atom stereocenters. The van der Waals surface area contributed by atoms with Crippen molar-refractivity contribution in [3.63, 3.8) is 0 Å². The quantitative estimate of drug-likeness (QED) is 0.800. The van der Waals surface area contributed by atoms with Crippen LogP contribution in [0.4, 0.5) is 0 Å². The van der Waals surface area contributed by atoms with Gasteiger partial charge in [0.1, 0.15) is 5.60 Å². The highest BCUT2D eigenvalue weighted by Gasteiger charge is 2.49. The first-order valence-corrected chi connectivity index (χ1v) is 8.62. The Bertz CT molecular complexity index is 370. The smallest absolute Gasteiger partial charge is 0.225 e. The van der Waals surface area contributed by atoms with Crippen LogP contribution < -0.4 is 0 Å². The Kier molecular flexibility index (Phi) is 4.55. The third-order valence-corrected chi connectivity index (χ3v) is 5.25. The molecule has 120 valence electrons. The Morgan fingerprint density at radius 3 is 2.67 bits per heavy atom. The molecule has 0 aromatic carbocycles. The van der Waals surface area contributed by atoms with E-state index in [0.717, 1.165) is 45.1 Å². The minimum absolute atomic E-state index is 0.0837. The van der Waals surface area contributed by atoms with Gasteiger partial charge in [-0.05, 0) is 25.2 Å². The molecule has 0 aromatic heterocycles. The van der Waals surface area contributed by atoms with E-state index in [2.05, 4.69) is 0 Å². The summed E-state index contributed by atoms with van der Waals surface area (Å²) >= 11 is 0. The molecule has 1 amide bonds. The largest absolute Gasteiger partial charge is 0.378 e. The molecule has 2 aliphatic heterocycles. The molecule has 3 rings (SSSR count). The van der Waals surface area contributed by atoms with Crippen molar-refractivity contribution < 1.29 is 14.3 Å². The van der Waals surface area contributed by atoms with Crippen LogP contribution in [0.3, 0.4) is 0 Å². The van der Waals surface area contributed by atoms with Crippen molar-refractivity contribution in [3.05, 3.63) is 0 Å². The predicted molar refractivity (Wildman–Crippen MR) is 81.0 cm³/mol. The van der Waals surface area contributed by atoms with Gasteiger partial charge in [-0.1, -0.05) is 26.7 Å². The van der Waals surface area contributed by atoms with Crippen molar-refractivity contribution in [2.45, 2.75) is 64.1 Å². The second-order valence-corrected chi connectivity index (χ2v) is 7.48. The lowest BCUT2D eigenvalue weighted by atomic mass is 9.84. The van der Waals surface area contributed by atoms with Crippen molar-refractivity contribution in [2.24, 2.45) is 11.8 Å². The van der Waals surface area contributed by atoms with E-state index in [1.165, 1.54) is 25.7 Å². The summed E-state index contributed by atoms with van der Waals surface area (Å²) in [6, 6.07) is 0. The van der Waals surface area contributed by atoms with Crippen LogP contribution in [-0.2, 0) is 14.3 Å². The van der Waals surface area contributed by atoms with Crippen molar-refractivity contribution in [1.82, 2.24) is 4.90 Å². The Balaban J connectivity index is 1.44. The maximum Gasteiger partial charge on any atom is 0.225 e. The number of hydrogen-bond acceptors (Lipinski definition) is 3. The highest BCUT2D eigenvalue weighted by atomic mass is 16.5. The van der Waals surface area contributed by atoms with Gasteiger partial charge in [-0.3, -0.25) is 4.79 Å². The van der Waals surface area contributed by atoms with E-state index in [-0.39, 0.29) is 17.4 Å². The van der Waals surface area contributed by atoms with Gasteiger partial charge in [-0.2, -0.15) is 0 Å². The first-order valence-electron chi connectivity index (χ1n) is 8.62. The molecule has 0 unspecified atom stereocenters. The van der Waals surface area contributed by atoms with E-state index in [1.807, 2.05) is 18.7 Å². The van der Waals surface area contributed by atoms with Crippen LogP contribution in [0.5, 0.6) is 0 Å². The molecule has 2 heterocycles. The summed E-state index contributed by atoms with van der Waals surface area (Å²) < 4.78 is 12.1. The minimum atomic E-state index is -0.108. The molecule has 1 spiro atoms. The van der Waals surface area contributed by atoms with Crippen LogP contribution in [0.15, 0.2) is 0 Å². The normalized spacial score (nSPS) is 29.1. The average molecular weight is 295 g/mol. The zero-order chi connectivity index (χ0) is 14.9. The van der Waals surface area contributed by atoms with Gasteiger partial charge in [0.2, 0.25) is 5.91 Å². The molecular weight excluding hydrogens is 266 g/mol. The lowest BCUT2D eigenvalue weighted by Crippen LogP contribution is -2.67. The third kappa shape index (κ3) is 3.42. The first kappa shape index (κ1) is 15.3. The zero-order valence-electron chi connectivity index (χ0n) is 13.5. The maximum absolute atomic E-state index is 12.0. The molecule has 2 saturated heterocycles. The van der Waals surface area contributed by atoms with Gasteiger partial charge in [-0.15, -0.1) is 0 Å². The number of hydrogen-bond donors (Lipinski definition) is 0. The number of carbonyl (C=O) groups is 1. The van der Waals surface area contributed by atoms with Crippen molar-refractivity contribution in [1.29, 1.82) is 0 Å². The molecule has 21 heavy (non-hydrogen) atoms. The summed E-state index contributed by atoms with van der Waals surface area (Å²) in [7, 11) is 0. The van der Waals surface area contributed by atoms with Crippen LogP contribution in [0.25, 0.3) is 0 Å².